The molecule has 0 atom stereocenters. The van der Waals surface area contributed by atoms with Crippen molar-refractivity contribution in [1.29, 1.82) is 0 Å². The molecular weight excluding hydrogens is 215 g/mol. The minimum Gasteiger partial charge on any atom is -0.368 e. The topological polar surface area (TPSA) is 61.6 Å². The maximum absolute atomic E-state index is 11.8. The van der Waals surface area contributed by atoms with Crippen molar-refractivity contribution in [1.82, 2.24) is 0 Å². The highest BCUT2D eigenvalue weighted by molar-refractivity contribution is 5.75. The van der Waals surface area contributed by atoms with Gasteiger partial charge < -0.3 is 10.5 Å². The van der Waals surface area contributed by atoms with Gasteiger partial charge in [-0.1, -0.05) is 0 Å². The number of carbonyl (C=O) groups is 1. The first-order valence-electron chi connectivity index (χ1n) is 4.46. The summed E-state index contributed by atoms with van der Waals surface area (Å²) in [7, 11) is 0. The molecule has 1 aliphatic carbocycles. The second-order valence-electron chi connectivity index (χ2n) is 3.53. The Morgan fingerprint density at radius 3 is 2.33 bits per heavy atom. The lowest BCUT2D eigenvalue weighted by Gasteiger charge is -2.40. The molecule has 1 rings (SSSR count). The summed E-state index contributed by atoms with van der Waals surface area (Å²) < 4.78 is 44.0. The minimum atomic E-state index is -4.67. The van der Waals surface area contributed by atoms with E-state index in [2.05, 4.69) is 4.74 Å². The predicted octanol–water partition coefficient (Wildman–Crippen LogP) is 0.947. The van der Waals surface area contributed by atoms with E-state index in [1.807, 2.05) is 0 Å². The number of hydrogen-bond acceptors (Lipinski definition) is 3. The summed E-state index contributed by atoms with van der Waals surface area (Å²) >= 11 is 0. The zero-order valence-corrected chi connectivity index (χ0v) is 7.97. The van der Waals surface area contributed by atoms with Crippen molar-refractivity contribution in [3.63, 3.8) is 0 Å². The Morgan fingerprint density at radius 2 is 2.00 bits per heavy atom. The number of ether oxygens (including phenoxy) is 2. The van der Waals surface area contributed by atoms with Crippen LogP contribution in [-0.4, -0.2) is 31.1 Å². The fourth-order valence-corrected chi connectivity index (χ4v) is 1.34. The lowest BCUT2D eigenvalue weighted by molar-refractivity contribution is -0.343. The van der Waals surface area contributed by atoms with E-state index in [-0.39, 0.29) is 6.61 Å². The largest absolute Gasteiger partial charge is 0.522 e. The van der Waals surface area contributed by atoms with Gasteiger partial charge in [-0.3, -0.25) is 9.53 Å². The number of hydrogen-bond donors (Lipinski definition) is 1. The van der Waals surface area contributed by atoms with Gasteiger partial charge in [0, 0.05) is 0 Å². The first-order valence-corrected chi connectivity index (χ1v) is 4.46. The normalized spacial score (nSPS) is 19.7. The molecule has 0 unspecified atom stereocenters. The molecule has 15 heavy (non-hydrogen) atoms. The van der Waals surface area contributed by atoms with Crippen molar-refractivity contribution in [2.24, 2.45) is 5.73 Å². The van der Waals surface area contributed by atoms with Gasteiger partial charge in [-0.15, -0.1) is 13.2 Å². The van der Waals surface area contributed by atoms with Crippen molar-refractivity contribution in [2.75, 3.05) is 13.2 Å². The van der Waals surface area contributed by atoms with Crippen LogP contribution in [0.2, 0.25) is 0 Å². The first-order chi connectivity index (χ1) is 6.83. The third kappa shape index (κ3) is 4.05. The van der Waals surface area contributed by atoms with E-state index in [9.17, 15) is 18.0 Å². The van der Waals surface area contributed by atoms with Gasteiger partial charge in [0.25, 0.3) is 0 Å². The van der Waals surface area contributed by atoms with Gasteiger partial charge in [0.1, 0.15) is 6.61 Å². The SMILES string of the molecule is NC(=O)COC1(COC(F)(F)F)CCC1. The van der Waals surface area contributed by atoms with Crippen LogP contribution in [0.25, 0.3) is 0 Å². The molecule has 0 spiro atoms. The minimum absolute atomic E-state index is 0.374. The van der Waals surface area contributed by atoms with E-state index < -0.39 is 24.5 Å². The molecule has 0 bridgehead atoms. The van der Waals surface area contributed by atoms with E-state index in [0.717, 1.165) is 6.42 Å². The Labute approximate surface area is 84.5 Å². The molecular formula is C8H12F3NO3. The molecule has 1 amide bonds. The Kier molecular flexibility index (Phi) is 3.56. The first kappa shape index (κ1) is 12.3. The summed E-state index contributed by atoms with van der Waals surface area (Å²) in [6, 6.07) is 0. The molecule has 0 aromatic carbocycles. The number of carbonyl (C=O) groups excluding carboxylic acids is 1. The number of alkyl halides is 3. The number of primary amides is 1. The van der Waals surface area contributed by atoms with Crippen molar-refractivity contribution < 1.29 is 27.4 Å². The number of halogens is 3. The van der Waals surface area contributed by atoms with E-state index >= 15 is 0 Å². The molecule has 1 saturated carbocycles. The van der Waals surface area contributed by atoms with E-state index in [4.69, 9.17) is 10.5 Å². The fraction of sp³-hybridized carbons (Fsp3) is 0.875. The molecule has 0 saturated heterocycles. The van der Waals surface area contributed by atoms with Crippen molar-refractivity contribution in [3.8, 4) is 0 Å². The summed E-state index contributed by atoms with van der Waals surface area (Å²) in [5, 5.41) is 0. The highest BCUT2D eigenvalue weighted by Crippen LogP contribution is 2.37. The van der Waals surface area contributed by atoms with Crippen LogP contribution in [0.1, 0.15) is 19.3 Å². The lowest BCUT2D eigenvalue weighted by atomic mass is 9.80. The second kappa shape index (κ2) is 4.36. The molecule has 1 aliphatic rings. The molecule has 0 aromatic rings. The molecule has 0 radical (unpaired) electrons. The van der Waals surface area contributed by atoms with Crippen LogP contribution in [0.3, 0.4) is 0 Å². The second-order valence-corrected chi connectivity index (χ2v) is 3.53. The summed E-state index contributed by atoms with van der Waals surface area (Å²) in [4.78, 5) is 10.4. The molecule has 4 nitrogen and oxygen atoms in total. The number of amides is 1. The molecule has 2 N–H and O–H groups in total. The zero-order chi connectivity index (χ0) is 11.5. The van der Waals surface area contributed by atoms with Crippen LogP contribution in [-0.2, 0) is 14.3 Å². The van der Waals surface area contributed by atoms with E-state index in [1.54, 1.807) is 0 Å². The van der Waals surface area contributed by atoms with Gasteiger partial charge in [0.2, 0.25) is 5.91 Å². The monoisotopic (exact) mass is 227 g/mol. The van der Waals surface area contributed by atoms with Gasteiger partial charge in [0.15, 0.2) is 0 Å². The van der Waals surface area contributed by atoms with Crippen LogP contribution in [0, 0.1) is 0 Å². The Hall–Kier alpha value is -0.820. The highest BCUT2D eigenvalue weighted by Gasteiger charge is 2.42. The Bertz CT molecular complexity index is 238. The molecule has 0 aromatic heterocycles. The van der Waals surface area contributed by atoms with Gasteiger partial charge in [0.05, 0.1) is 12.2 Å². The molecule has 0 heterocycles. The van der Waals surface area contributed by atoms with Gasteiger partial charge in [-0.05, 0) is 19.3 Å². The van der Waals surface area contributed by atoms with Crippen LogP contribution in [0.4, 0.5) is 13.2 Å². The van der Waals surface area contributed by atoms with Crippen molar-refractivity contribution >= 4 is 5.91 Å². The van der Waals surface area contributed by atoms with E-state index in [1.165, 1.54) is 0 Å². The standard InChI is InChI=1S/C8H12F3NO3/c9-8(10,11)15-5-7(2-1-3-7)14-4-6(12)13/h1-5H2,(H2,12,13). The van der Waals surface area contributed by atoms with Crippen LogP contribution in [0.5, 0.6) is 0 Å². The number of rotatable bonds is 5. The molecule has 1 fully saturated rings. The number of nitrogens with two attached hydrogens (primary N) is 1. The van der Waals surface area contributed by atoms with Gasteiger partial charge >= 0.3 is 6.36 Å². The van der Waals surface area contributed by atoms with E-state index in [0.29, 0.717) is 12.8 Å². The highest BCUT2D eigenvalue weighted by atomic mass is 19.4. The maximum atomic E-state index is 11.8. The van der Waals surface area contributed by atoms with Crippen molar-refractivity contribution in [3.05, 3.63) is 0 Å². The summed E-state index contributed by atoms with van der Waals surface area (Å²) in [6.45, 7) is -0.953. The maximum Gasteiger partial charge on any atom is 0.522 e. The quantitative estimate of drug-likeness (QED) is 0.760. The summed E-state index contributed by atoms with van der Waals surface area (Å²) in [5.41, 5.74) is 3.85. The van der Waals surface area contributed by atoms with Crippen LogP contribution >= 0.6 is 0 Å². The molecule has 88 valence electrons. The third-order valence-corrected chi connectivity index (χ3v) is 2.28. The summed E-state index contributed by atoms with van der Waals surface area (Å²) in [6.07, 6.45) is -2.99. The fourth-order valence-electron chi connectivity index (χ4n) is 1.34. The zero-order valence-electron chi connectivity index (χ0n) is 7.97. The Morgan fingerprint density at radius 1 is 1.40 bits per heavy atom. The Balaban J connectivity index is 2.36. The average molecular weight is 227 g/mol. The summed E-state index contributed by atoms with van der Waals surface area (Å²) in [5.74, 6) is -0.701. The predicted molar refractivity (Wildman–Crippen MR) is 43.7 cm³/mol. The van der Waals surface area contributed by atoms with Gasteiger partial charge in [-0.25, -0.2) is 0 Å². The molecule has 0 aliphatic heterocycles. The van der Waals surface area contributed by atoms with Crippen LogP contribution < -0.4 is 5.73 Å². The smallest absolute Gasteiger partial charge is 0.368 e. The lowest BCUT2D eigenvalue weighted by Crippen LogP contribution is -2.47. The van der Waals surface area contributed by atoms with Crippen molar-refractivity contribution in [2.45, 2.75) is 31.2 Å². The third-order valence-electron chi connectivity index (χ3n) is 2.28. The average Bonchev–Trinajstić information content (AvgIpc) is 1.99. The molecule has 7 heteroatoms. The van der Waals surface area contributed by atoms with Crippen LogP contribution in [0.15, 0.2) is 0 Å². The van der Waals surface area contributed by atoms with Gasteiger partial charge in [-0.2, -0.15) is 0 Å².